The molecule has 0 radical (unpaired) electrons. The third-order valence-corrected chi connectivity index (χ3v) is 6.51. The molecule has 5 aromatic rings. The number of aryl methyl sites for hydroxylation is 3. The third kappa shape index (κ3) is 4.50. The number of nitrogens with zero attached hydrogens (tertiary/aromatic N) is 4. The summed E-state index contributed by atoms with van der Waals surface area (Å²) in [6.45, 7) is 6.77. The van der Waals surface area contributed by atoms with Crippen LogP contribution in [0, 0.1) is 20.8 Å². The third-order valence-electron chi connectivity index (χ3n) is 5.51. The van der Waals surface area contributed by atoms with Crippen LogP contribution in [0.4, 0.5) is 0 Å². The van der Waals surface area contributed by atoms with Crippen LogP contribution in [0.2, 0.25) is 0 Å². The minimum atomic E-state index is 0.631. The standard InChI is InChI=1S/C26H24N4O2S/c1-17-9-10-22(18(2)13-17)25-27-21(15-32-25)16-33-26-29-28-24(23-11-12-31-19(23)3)30(26)14-20-7-5-4-6-8-20/h4-13,15H,14,16H2,1-3H3. The smallest absolute Gasteiger partial charge is 0.226 e. The van der Waals surface area contributed by atoms with E-state index < -0.39 is 0 Å². The first-order chi connectivity index (χ1) is 16.1. The van der Waals surface area contributed by atoms with Crippen molar-refractivity contribution in [3.05, 3.63) is 95.3 Å². The molecule has 3 aromatic heterocycles. The lowest BCUT2D eigenvalue weighted by Gasteiger charge is -2.09. The van der Waals surface area contributed by atoms with Crippen molar-refractivity contribution in [3.8, 4) is 22.8 Å². The van der Waals surface area contributed by atoms with Gasteiger partial charge in [0.15, 0.2) is 11.0 Å². The van der Waals surface area contributed by atoms with Gasteiger partial charge in [-0.05, 0) is 44.0 Å². The minimum absolute atomic E-state index is 0.631. The van der Waals surface area contributed by atoms with Crippen LogP contribution in [0.15, 0.2) is 81.1 Å². The fraction of sp³-hybridized carbons (Fsp3) is 0.192. The van der Waals surface area contributed by atoms with Crippen LogP contribution in [0.5, 0.6) is 0 Å². The summed E-state index contributed by atoms with van der Waals surface area (Å²) in [6.07, 6.45) is 3.41. The average molecular weight is 457 g/mol. The second kappa shape index (κ2) is 9.11. The van der Waals surface area contributed by atoms with E-state index in [1.807, 2.05) is 31.2 Å². The lowest BCUT2D eigenvalue weighted by Crippen LogP contribution is -2.04. The first-order valence-electron chi connectivity index (χ1n) is 10.7. The Morgan fingerprint density at radius 2 is 1.76 bits per heavy atom. The SMILES string of the molecule is Cc1ccc(-c2nc(CSc3nnc(-c4ccoc4C)n3Cc3ccccc3)co2)c(C)c1. The van der Waals surface area contributed by atoms with Crippen molar-refractivity contribution in [1.82, 2.24) is 19.7 Å². The van der Waals surface area contributed by atoms with E-state index in [2.05, 4.69) is 58.9 Å². The summed E-state index contributed by atoms with van der Waals surface area (Å²) in [5.41, 5.74) is 6.38. The number of aromatic nitrogens is 4. The van der Waals surface area contributed by atoms with Gasteiger partial charge in [0.2, 0.25) is 5.89 Å². The largest absolute Gasteiger partial charge is 0.469 e. The molecule has 0 aliphatic carbocycles. The quantitative estimate of drug-likeness (QED) is 0.262. The maximum absolute atomic E-state index is 5.79. The number of hydrogen-bond acceptors (Lipinski definition) is 6. The molecule has 6 nitrogen and oxygen atoms in total. The van der Waals surface area contributed by atoms with E-state index in [4.69, 9.17) is 13.8 Å². The molecule has 0 N–H and O–H groups in total. The topological polar surface area (TPSA) is 69.9 Å². The fourth-order valence-electron chi connectivity index (χ4n) is 3.81. The molecular formula is C26H24N4O2S. The molecule has 7 heteroatoms. The lowest BCUT2D eigenvalue weighted by molar-refractivity contribution is 0.534. The van der Waals surface area contributed by atoms with Crippen LogP contribution in [-0.2, 0) is 12.3 Å². The number of benzene rings is 2. The van der Waals surface area contributed by atoms with Crippen LogP contribution in [0.25, 0.3) is 22.8 Å². The summed E-state index contributed by atoms with van der Waals surface area (Å²) in [6, 6.07) is 18.5. The Bertz CT molecular complexity index is 1380. The van der Waals surface area contributed by atoms with E-state index in [0.29, 0.717) is 18.2 Å². The summed E-state index contributed by atoms with van der Waals surface area (Å²) < 4.78 is 13.4. The van der Waals surface area contributed by atoms with Gasteiger partial charge in [0.1, 0.15) is 12.0 Å². The van der Waals surface area contributed by atoms with Crippen LogP contribution in [0.1, 0.15) is 28.1 Å². The number of furan rings is 1. The second-order valence-corrected chi connectivity index (χ2v) is 8.96. The van der Waals surface area contributed by atoms with E-state index in [9.17, 15) is 0 Å². The summed E-state index contributed by atoms with van der Waals surface area (Å²) in [5.74, 6) is 2.89. The zero-order valence-corrected chi connectivity index (χ0v) is 19.6. The van der Waals surface area contributed by atoms with Crippen LogP contribution >= 0.6 is 11.8 Å². The van der Waals surface area contributed by atoms with Crippen LogP contribution in [-0.4, -0.2) is 19.7 Å². The van der Waals surface area contributed by atoms with Crippen molar-refractivity contribution in [1.29, 1.82) is 0 Å². The molecule has 0 spiro atoms. The number of thioether (sulfide) groups is 1. The molecule has 0 aliphatic heterocycles. The molecule has 0 unspecified atom stereocenters. The van der Waals surface area contributed by atoms with E-state index in [-0.39, 0.29) is 0 Å². The van der Waals surface area contributed by atoms with E-state index in [0.717, 1.165) is 39.1 Å². The monoisotopic (exact) mass is 456 g/mol. The zero-order valence-electron chi connectivity index (χ0n) is 18.8. The predicted molar refractivity (Wildman–Crippen MR) is 129 cm³/mol. The Morgan fingerprint density at radius 3 is 2.52 bits per heavy atom. The molecule has 0 saturated heterocycles. The van der Waals surface area contributed by atoms with Crippen molar-refractivity contribution in [3.63, 3.8) is 0 Å². The van der Waals surface area contributed by atoms with Crippen molar-refractivity contribution >= 4 is 11.8 Å². The molecule has 0 aliphatic rings. The summed E-state index contributed by atoms with van der Waals surface area (Å²) in [5, 5.41) is 9.80. The van der Waals surface area contributed by atoms with Crippen molar-refractivity contribution in [2.75, 3.05) is 0 Å². The average Bonchev–Trinajstić information content (AvgIpc) is 3.53. The van der Waals surface area contributed by atoms with Gasteiger partial charge < -0.3 is 8.83 Å². The highest BCUT2D eigenvalue weighted by atomic mass is 32.2. The minimum Gasteiger partial charge on any atom is -0.469 e. The van der Waals surface area contributed by atoms with E-state index in [1.165, 1.54) is 11.1 Å². The number of hydrogen-bond donors (Lipinski definition) is 0. The van der Waals surface area contributed by atoms with E-state index in [1.54, 1.807) is 24.3 Å². The maximum Gasteiger partial charge on any atom is 0.226 e. The van der Waals surface area contributed by atoms with Gasteiger partial charge in [0.05, 0.1) is 24.1 Å². The van der Waals surface area contributed by atoms with Gasteiger partial charge in [-0.2, -0.15) is 0 Å². The van der Waals surface area contributed by atoms with Gasteiger partial charge in [-0.15, -0.1) is 10.2 Å². The van der Waals surface area contributed by atoms with Crippen LogP contribution in [0.3, 0.4) is 0 Å². The molecule has 0 atom stereocenters. The Morgan fingerprint density at radius 1 is 0.909 bits per heavy atom. The van der Waals surface area contributed by atoms with Gasteiger partial charge in [0.25, 0.3) is 0 Å². The molecule has 5 rings (SSSR count). The highest BCUT2D eigenvalue weighted by Gasteiger charge is 2.19. The van der Waals surface area contributed by atoms with Gasteiger partial charge in [-0.1, -0.05) is 59.8 Å². The molecule has 3 heterocycles. The van der Waals surface area contributed by atoms with Gasteiger partial charge in [0, 0.05) is 11.3 Å². The molecule has 33 heavy (non-hydrogen) atoms. The summed E-state index contributed by atoms with van der Waals surface area (Å²) in [7, 11) is 0. The first-order valence-corrected chi connectivity index (χ1v) is 11.7. The summed E-state index contributed by atoms with van der Waals surface area (Å²) >= 11 is 1.59. The van der Waals surface area contributed by atoms with Crippen molar-refractivity contribution < 1.29 is 8.83 Å². The molecule has 0 amide bonds. The van der Waals surface area contributed by atoms with Gasteiger partial charge >= 0.3 is 0 Å². The fourth-order valence-corrected chi connectivity index (χ4v) is 4.62. The lowest BCUT2D eigenvalue weighted by atomic mass is 10.1. The molecule has 0 fully saturated rings. The zero-order chi connectivity index (χ0) is 22.8. The number of rotatable bonds is 7. The second-order valence-electron chi connectivity index (χ2n) is 8.02. The highest BCUT2D eigenvalue weighted by molar-refractivity contribution is 7.98. The highest BCUT2D eigenvalue weighted by Crippen LogP contribution is 2.30. The Hall–Kier alpha value is -3.58. The van der Waals surface area contributed by atoms with Gasteiger partial charge in [-0.25, -0.2) is 4.98 Å². The van der Waals surface area contributed by atoms with Gasteiger partial charge in [-0.3, -0.25) is 4.57 Å². The first kappa shape index (κ1) is 21.3. The Balaban J connectivity index is 1.40. The Kier molecular flexibility index (Phi) is 5.88. The Labute approximate surface area is 196 Å². The van der Waals surface area contributed by atoms with Crippen molar-refractivity contribution in [2.45, 2.75) is 38.2 Å². The van der Waals surface area contributed by atoms with Crippen LogP contribution < -0.4 is 0 Å². The molecule has 0 saturated carbocycles. The molecular weight excluding hydrogens is 432 g/mol. The summed E-state index contributed by atoms with van der Waals surface area (Å²) in [4.78, 5) is 4.71. The maximum atomic E-state index is 5.79. The molecule has 2 aromatic carbocycles. The van der Waals surface area contributed by atoms with E-state index >= 15 is 0 Å². The predicted octanol–water partition coefficient (Wildman–Crippen LogP) is 6.46. The van der Waals surface area contributed by atoms with Crippen molar-refractivity contribution in [2.24, 2.45) is 0 Å². The molecule has 0 bridgehead atoms. The normalized spacial score (nSPS) is 11.2. The number of oxazole rings is 1. The molecule has 166 valence electrons.